The first-order valence-corrected chi connectivity index (χ1v) is 8.28. The summed E-state index contributed by atoms with van der Waals surface area (Å²) in [5, 5.41) is 16.6. The number of hydrazone groups is 1. The number of amides is 2. The van der Waals surface area contributed by atoms with Crippen molar-refractivity contribution in [2.75, 3.05) is 13.2 Å². The summed E-state index contributed by atoms with van der Waals surface area (Å²) in [7, 11) is 0. The summed E-state index contributed by atoms with van der Waals surface area (Å²) in [6.45, 7) is 1.43. The van der Waals surface area contributed by atoms with Crippen molar-refractivity contribution in [1.29, 1.82) is 0 Å². The van der Waals surface area contributed by atoms with Crippen molar-refractivity contribution in [3.8, 4) is 5.75 Å². The molecule has 0 fully saturated rings. The van der Waals surface area contributed by atoms with Crippen LogP contribution in [0.25, 0.3) is 0 Å². The lowest BCUT2D eigenvalue weighted by Crippen LogP contribution is -2.37. The van der Waals surface area contributed by atoms with Gasteiger partial charge < -0.3 is 10.1 Å². The van der Waals surface area contributed by atoms with Gasteiger partial charge >= 0.3 is 5.00 Å². The molecule has 9 nitrogen and oxygen atoms in total. The molecule has 1 aromatic carbocycles. The van der Waals surface area contributed by atoms with Crippen LogP contribution in [0.2, 0.25) is 0 Å². The van der Waals surface area contributed by atoms with Gasteiger partial charge in [0, 0.05) is 6.07 Å². The second-order valence-corrected chi connectivity index (χ2v) is 6.20. The third kappa shape index (κ3) is 6.32. The van der Waals surface area contributed by atoms with Crippen molar-refractivity contribution in [3.63, 3.8) is 0 Å². The van der Waals surface area contributed by atoms with E-state index in [9.17, 15) is 19.7 Å². The summed E-state index contributed by atoms with van der Waals surface area (Å²) < 4.78 is 5.31. The lowest BCUT2D eigenvalue weighted by Gasteiger charge is -2.07. The number of thiophene rings is 1. The van der Waals surface area contributed by atoms with Crippen LogP contribution in [0.4, 0.5) is 5.00 Å². The second kappa shape index (κ2) is 9.28. The maximum Gasteiger partial charge on any atom is 0.324 e. The van der Waals surface area contributed by atoms with Gasteiger partial charge in [0.2, 0.25) is 0 Å². The molecule has 0 unspecified atom stereocenters. The number of hydrogen-bond donors (Lipinski definition) is 2. The van der Waals surface area contributed by atoms with Gasteiger partial charge in [-0.05, 0) is 30.7 Å². The van der Waals surface area contributed by atoms with Gasteiger partial charge in [0.15, 0.2) is 6.61 Å². The molecule has 1 heterocycles. The summed E-state index contributed by atoms with van der Waals surface area (Å²) >= 11 is 0.930. The van der Waals surface area contributed by atoms with Crippen molar-refractivity contribution in [3.05, 3.63) is 57.0 Å². The fraction of sp³-hybridized carbons (Fsp3) is 0.188. The van der Waals surface area contributed by atoms with Gasteiger partial charge in [-0.25, -0.2) is 5.43 Å². The molecule has 0 atom stereocenters. The third-order valence-electron chi connectivity index (χ3n) is 2.98. The van der Waals surface area contributed by atoms with Gasteiger partial charge in [-0.1, -0.05) is 23.5 Å². The number of ether oxygens (including phenoxy) is 1. The number of hydrogen-bond acceptors (Lipinski definition) is 7. The highest BCUT2D eigenvalue weighted by molar-refractivity contribution is 7.16. The first-order chi connectivity index (χ1) is 12.4. The van der Waals surface area contributed by atoms with Crippen LogP contribution >= 0.6 is 11.3 Å². The van der Waals surface area contributed by atoms with E-state index in [4.69, 9.17) is 4.74 Å². The van der Waals surface area contributed by atoms with Crippen LogP contribution in [-0.2, 0) is 9.59 Å². The predicted molar refractivity (Wildman–Crippen MR) is 96.4 cm³/mol. The van der Waals surface area contributed by atoms with E-state index in [1.165, 1.54) is 18.3 Å². The maximum absolute atomic E-state index is 11.7. The molecular formula is C16H16N4O5S. The Balaban J connectivity index is 1.68. The Morgan fingerprint density at radius 3 is 2.81 bits per heavy atom. The van der Waals surface area contributed by atoms with E-state index in [2.05, 4.69) is 15.8 Å². The summed E-state index contributed by atoms with van der Waals surface area (Å²) in [4.78, 5) is 33.8. The Morgan fingerprint density at radius 2 is 2.12 bits per heavy atom. The van der Waals surface area contributed by atoms with Gasteiger partial charge in [0.05, 0.1) is 22.6 Å². The molecule has 0 aliphatic rings. The third-order valence-corrected chi connectivity index (χ3v) is 3.95. The molecule has 2 N–H and O–H groups in total. The van der Waals surface area contributed by atoms with E-state index in [0.717, 1.165) is 16.9 Å². The molecule has 1 aromatic heterocycles. The molecule has 10 heteroatoms. The van der Waals surface area contributed by atoms with Crippen molar-refractivity contribution < 1.29 is 19.2 Å². The summed E-state index contributed by atoms with van der Waals surface area (Å²) in [5.74, 6) is -0.407. The highest BCUT2D eigenvalue weighted by Crippen LogP contribution is 2.22. The highest BCUT2D eigenvalue weighted by Gasteiger charge is 2.08. The average Bonchev–Trinajstić information content (AvgIpc) is 3.07. The Morgan fingerprint density at radius 1 is 1.31 bits per heavy atom. The van der Waals surface area contributed by atoms with E-state index >= 15 is 0 Å². The van der Waals surface area contributed by atoms with E-state index in [0.29, 0.717) is 10.6 Å². The number of carbonyl (C=O) groups is 2. The molecule has 0 radical (unpaired) electrons. The SMILES string of the molecule is Cc1cccc(OCC(=O)NCC(=O)N/N=C\c2ccc([N+](=O)[O-])s2)c1. The van der Waals surface area contributed by atoms with Gasteiger partial charge in [0.1, 0.15) is 5.75 Å². The molecule has 0 spiro atoms. The summed E-state index contributed by atoms with van der Waals surface area (Å²) in [5.41, 5.74) is 3.23. The molecule has 2 amide bonds. The highest BCUT2D eigenvalue weighted by atomic mass is 32.1. The molecule has 0 bridgehead atoms. The topological polar surface area (TPSA) is 123 Å². The number of benzene rings is 1. The zero-order chi connectivity index (χ0) is 18.9. The normalized spacial score (nSPS) is 10.5. The maximum atomic E-state index is 11.7. The van der Waals surface area contributed by atoms with E-state index in [1.54, 1.807) is 12.1 Å². The molecular weight excluding hydrogens is 360 g/mol. The fourth-order valence-electron chi connectivity index (χ4n) is 1.80. The second-order valence-electron chi connectivity index (χ2n) is 5.11. The Hall–Kier alpha value is -3.27. The minimum Gasteiger partial charge on any atom is -0.484 e. The van der Waals surface area contributed by atoms with Crippen LogP contribution in [-0.4, -0.2) is 36.1 Å². The zero-order valence-electron chi connectivity index (χ0n) is 13.8. The molecule has 2 aromatic rings. The predicted octanol–water partition coefficient (Wildman–Crippen LogP) is 1.61. The van der Waals surface area contributed by atoms with Crippen LogP contribution in [0.5, 0.6) is 5.75 Å². The lowest BCUT2D eigenvalue weighted by atomic mass is 10.2. The molecule has 0 aliphatic heterocycles. The number of nitrogens with zero attached hydrogens (tertiary/aromatic N) is 2. The zero-order valence-corrected chi connectivity index (χ0v) is 14.6. The molecule has 26 heavy (non-hydrogen) atoms. The standard InChI is InChI=1S/C16H16N4O5S/c1-11-3-2-4-12(7-11)25-10-15(22)17-9-14(21)19-18-8-13-5-6-16(26-13)20(23)24/h2-8H,9-10H2,1H3,(H,17,22)(H,19,21)/b18-8-. The van der Waals surface area contributed by atoms with Crippen LogP contribution in [0.1, 0.15) is 10.4 Å². The van der Waals surface area contributed by atoms with Crippen molar-refractivity contribution in [2.45, 2.75) is 6.92 Å². The quantitative estimate of drug-likeness (QED) is 0.412. The molecule has 0 saturated carbocycles. The van der Waals surface area contributed by atoms with E-state index in [-0.39, 0.29) is 18.2 Å². The van der Waals surface area contributed by atoms with Gasteiger partial charge in [0.25, 0.3) is 11.8 Å². The van der Waals surface area contributed by atoms with Crippen molar-refractivity contribution in [1.82, 2.24) is 10.7 Å². The minimum atomic E-state index is -0.531. The fourth-order valence-corrected chi connectivity index (χ4v) is 2.49. The monoisotopic (exact) mass is 376 g/mol. The first-order valence-electron chi connectivity index (χ1n) is 7.46. The van der Waals surface area contributed by atoms with E-state index in [1.807, 2.05) is 19.1 Å². The number of rotatable bonds is 8. The minimum absolute atomic E-state index is 0.0151. The van der Waals surface area contributed by atoms with Crippen molar-refractivity contribution in [2.24, 2.45) is 5.10 Å². The number of nitrogens with one attached hydrogen (secondary N) is 2. The lowest BCUT2D eigenvalue weighted by molar-refractivity contribution is -0.380. The molecule has 2 rings (SSSR count). The Kier molecular flexibility index (Phi) is 6.80. The summed E-state index contributed by atoms with van der Waals surface area (Å²) in [6, 6.07) is 10.1. The largest absolute Gasteiger partial charge is 0.484 e. The molecule has 136 valence electrons. The van der Waals surface area contributed by atoms with Crippen LogP contribution in [0.15, 0.2) is 41.5 Å². The first kappa shape index (κ1) is 19.1. The van der Waals surface area contributed by atoms with Gasteiger partial charge in [-0.2, -0.15) is 5.10 Å². The Labute approximate surface area is 152 Å². The smallest absolute Gasteiger partial charge is 0.324 e. The molecule has 0 aliphatic carbocycles. The van der Waals surface area contributed by atoms with E-state index < -0.39 is 16.7 Å². The molecule has 0 saturated heterocycles. The number of carbonyl (C=O) groups excluding carboxylic acids is 2. The van der Waals surface area contributed by atoms with Crippen LogP contribution in [0.3, 0.4) is 0 Å². The summed E-state index contributed by atoms with van der Waals surface area (Å²) in [6.07, 6.45) is 1.29. The van der Waals surface area contributed by atoms with Gasteiger partial charge in [-0.3, -0.25) is 19.7 Å². The number of aryl methyl sites for hydroxylation is 1. The van der Waals surface area contributed by atoms with Crippen molar-refractivity contribution >= 4 is 34.4 Å². The van der Waals surface area contributed by atoms with Gasteiger partial charge in [-0.15, -0.1) is 0 Å². The number of nitro groups is 1. The van der Waals surface area contributed by atoms with Crippen LogP contribution < -0.4 is 15.5 Å². The average molecular weight is 376 g/mol. The Bertz CT molecular complexity index is 834. The van der Waals surface area contributed by atoms with Crippen LogP contribution in [0, 0.1) is 17.0 Å².